The van der Waals surface area contributed by atoms with E-state index in [0.29, 0.717) is 11.3 Å². The Hall–Kier alpha value is -1.87. The molecule has 3 heteroatoms. The van der Waals surface area contributed by atoms with Crippen molar-refractivity contribution in [3.8, 4) is 16.9 Å². The molecule has 0 aliphatic carbocycles. The maximum Gasteiger partial charge on any atom is 0.131 e. The van der Waals surface area contributed by atoms with Gasteiger partial charge in [0.25, 0.3) is 0 Å². The summed E-state index contributed by atoms with van der Waals surface area (Å²) in [4.78, 5) is 2.49. The summed E-state index contributed by atoms with van der Waals surface area (Å²) in [5, 5.41) is 0. The van der Waals surface area contributed by atoms with E-state index in [1.165, 1.54) is 36.5 Å². The van der Waals surface area contributed by atoms with Crippen molar-refractivity contribution in [1.29, 1.82) is 0 Å². The Balaban J connectivity index is 0.00000117. The highest BCUT2D eigenvalue weighted by molar-refractivity contribution is 5.70. The van der Waals surface area contributed by atoms with Gasteiger partial charge in [-0.1, -0.05) is 45.4 Å². The molecule has 0 atom stereocenters. The van der Waals surface area contributed by atoms with Crippen LogP contribution in [-0.4, -0.2) is 25.1 Å². The molecule has 1 aliphatic rings. The number of likely N-dealkylation sites (tertiary alicyclic amines) is 1. The highest BCUT2D eigenvalue weighted by Crippen LogP contribution is 2.31. The van der Waals surface area contributed by atoms with Crippen LogP contribution in [0.15, 0.2) is 36.4 Å². The number of benzene rings is 2. The highest BCUT2D eigenvalue weighted by atomic mass is 19.1. The Morgan fingerprint density at radius 2 is 1.69 bits per heavy atom. The van der Waals surface area contributed by atoms with Gasteiger partial charge in [0.15, 0.2) is 0 Å². The minimum atomic E-state index is -0.194. The first-order chi connectivity index (χ1) is 12.7. The van der Waals surface area contributed by atoms with Crippen LogP contribution in [0.25, 0.3) is 11.1 Å². The van der Waals surface area contributed by atoms with Gasteiger partial charge in [0.05, 0.1) is 7.11 Å². The standard InChI is InChI=1S/C21H26FNO.C2H6/c1-3-16-7-9-19(20-14-18(24-2)8-10-21(20)22)17(13-16)15-23-11-5-4-6-12-23;1-2/h7-10,13-14H,3-6,11-12,15H2,1-2H3;1-2H3. The third-order valence-electron chi connectivity index (χ3n) is 4.88. The first-order valence-electron chi connectivity index (χ1n) is 9.89. The van der Waals surface area contributed by atoms with E-state index in [4.69, 9.17) is 4.74 Å². The van der Waals surface area contributed by atoms with Crippen LogP contribution in [0, 0.1) is 5.82 Å². The largest absolute Gasteiger partial charge is 0.497 e. The first kappa shape index (κ1) is 20.4. The number of aryl methyl sites for hydroxylation is 1. The molecule has 0 aromatic heterocycles. The fourth-order valence-corrected chi connectivity index (χ4v) is 3.46. The Kier molecular flexibility index (Phi) is 8.11. The van der Waals surface area contributed by atoms with Gasteiger partial charge in [0.2, 0.25) is 0 Å². The topological polar surface area (TPSA) is 12.5 Å². The second-order valence-corrected chi connectivity index (χ2v) is 6.53. The van der Waals surface area contributed by atoms with E-state index in [2.05, 4.69) is 30.0 Å². The summed E-state index contributed by atoms with van der Waals surface area (Å²) in [6, 6.07) is 11.4. The predicted molar refractivity (Wildman–Crippen MR) is 108 cm³/mol. The van der Waals surface area contributed by atoms with Crippen molar-refractivity contribution in [1.82, 2.24) is 4.90 Å². The number of methoxy groups -OCH3 is 1. The molecule has 0 amide bonds. The van der Waals surface area contributed by atoms with Crippen molar-refractivity contribution in [2.45, 2.75) is 53.0 Å². The van der Waals surface area contributed by atoms with E-state index in [9.17, 15) is 4.39 Å². The van der Waals surface area contributed by atoms with Crippen molar-refractivity contribution in [2.75, 3.05) is 20.2 Å². The van der Waals surface area contributed by atoms with Gasteiger partial charge >= 0.3 is 0 Å². The second kappa shape index (κ2) is 10.3. The van der Waals surface area contributed by atoms with E-state index < -0.39 is 0 Å². The molecule has 0 saturated carbocycles. The average molecular weight is 358 g/mol. The molecule has 0 radical (unpaired) electrons. The summed E-state index contributed by atoms with van der Waals surface area (Å²) in [5.74, 6) is 0.495. The van der Waals surface area contributed by atoms with Crippen molar-refractivity contribution in [3.05, 3.63) is 53.3 Å². The summed E-state index contributed by atoms with van der Waals surface area (Å²) >= 11 is 0. The normalized spacial score (nSPS) is 14.5. The summed E-state index contributed by atoms with van der Waals surface area (Å²) in [6.45, 7) is 9.32. The molecule has 1 heterocycles. The molecule has 1 aliphatic heterocycles. The number of hydrogen-bond donors (Lipinski definition) is 0. The van der Waals surface area contributed by atoms with Crippen LogP contribution >= 0.6 is 0 Å². The third-order valence-corrected chi connectivity index (χ3v) is 4.88. The van der Waals surface area contributed by atoms with Crippen LogP contribution < -0.4 is 4.74 Å². The highest BCUT2D eigenvalue weighted by Gasteiger charge is 2.16. The molecule has 2 nitrogen and oxygen atoms in total. The van der Waals surface area contributed by atoms with Crippen molar-refractivity contribution in [3.63, 3.8) is 0 Å². The molecule has 26 heavy (non-hydrogen) atoms. The van der Waals surface area contributed by atoms with E-state index in [1.54, 1.807) is 19.2 Å². The maximum absolute atomic E-state index is 14.5. The first-order valence-corrected chi connectivity index (χ1v) is 9.89. The summed E-state index contributed by atoms with van der Waals surface area (Å²) in [6.07, 6.45) is 4.84. The van der Waals surface area contributed by atoms with Crippen LogP contribution in [0.1, 0.15) is 51.2 Å². The van der Waals surface area contributed by atoms with Gasteiger partial charge in [0.1, 0.15) is 11.6 Å². The Labute approximate surface area is 158 Å². The molecule has 0 bridgehead atoms. The SMILES string of the molecule is CC.CCc1ccc(-c2cc(OC)ccc2F)c(CN2CCCCC2)c1. The van der Waals surface area contributed by atoms with Gasteiger partial charge in [-0.3, -0.25) is 4.90 Å². The Bertz CT molecular complexity index is 693. The number of ether oxygens (including phenoxy) is 1. The molecule has 3 rings (SSSR count). The lowest BCUT2D eigenvalue weighted by Crippen LogP contribution is -2.29. The lowest BCUT2D eigenvalue weighted by molar-refractivity contribution is 0.221. The number of nitrogens with zero attached hydrogens (tertiary/aromatic N) is 1. The van der Waals surface area contributed by atoms with Crippen molar-refractivity contribution >= 4 is 0 Å². The smallest absolute Gasteiger partial charge is 0.131 e. The van der Waals surface area contributed by atoms with E-state index in [1.807, 2.05) is 13.8 Å². The van der Waals surface area contributed by atoms with Gasteiger partial charge in [-0.15, -0.1) is 0 Å². The molecule has 1 fully saturated rings. The van der Waals surface area contributed by atoms with Gasteiger partial charge in [-0.05, 0) is 67.2 Å². The van der Waals surface area contributed by atoms with Gasteiger partial charge in [-0.25, -0.2) is 4.39 Å². The fourth-order valence-electron chi connectivity index (χ4n) is 3.46. The zero-order chi connectivity index (χ0) is 18.9. The second-order valence-electron chi connectivity index (χ2n) is 6.53. The molecule has 0 spiro atoms. The summed E-state index contributed by atoms with van der Waals surface area (Å²) in [7, 11) is 1.62. The minimum Gasteiger partial charge on any atom is -0.497 e. The predicted octanol–water partition coefficient (Wildman–Crippen LogP) is 6.08. The zero-order valence-corrected chi connectivity index (χ0v) is 16.6. The summed E-state index contributed by atoms with van der Waals surface area (Å²) in [5.41, 5.74) is 4.12. The van der Waals surface area contributed by atoms with E-state index in [0.717, 1.165) is 31.6 Å². The summed E-state index contributed by atoms with van der Waals surface area (Å²) < 4.78 is 19.8. The van der Waals surface area contributed by atoms with Crippen LogP contribution in [-0.2, 0) is 13.0 Å². The number of rotatable bonds is 5. The van der Waals surface area contributed by atoms with E-state index >= 15 is 0 Å². The number of halogens is 1. The van der Waals surface area contributed by atoms with Gasteiger partial charge < -0.3 is 4.74 Å². The quantitative estimate of drug-likeness (QED) is 0.643. The lowest BCUT2D eigenvalue weighted by Gasteiger charge is -2.27. The third kappa shape index (κ3) is 5.07. The molecule has 2 aromatic rings. The zero-order valence-electron chi connectivity index (χ0n) is 16.6. The van der Waals surface area contributed by atoms with Gasteiger partial charge in [-0.2, -0.15) is 0 Å². The molecule has 2 aromatic carbocycles. The number of hydrogen-bond acceptors (Lipinski definition) is 2. The van der Waals surface area contributed by atoms with Crippen LogP contribution in [0.5, 0.6) is 5.75 Å². The molecule has 0 N–H and O–H groups in total. The average Bonchev–Trinajstić information content (AvgIpc) is 2.71. The molecule has 0 unspecified atom stereocenters. The monoisotopic (exact) mass is 357 g/mol. The number of piperidine rings is 1. The Morgan fingerprint density at radius 3 is 2.35 bits per heavy atom. The molecular formula is C23H32FNO. The fraction of sp³-hybridized carbons (Fsp3) is 0.478. The van der Waals surface area contributed by atoms with Crippen molar-refractivity contribution in [2.24, 2.45) is 0 Å². The van der Waals surface area contributed by atoms with Crippen LogP contribution in [0.4, 0.5) is 4.39 Å². The van der Waals surface area contributed by atoms with Crippen molar-refractivity contribution < 1.29 is 9.13 Å². The Morgan fingerprint density at radius 1 is 0.962 bits per heavy atom. The maximum atomic E-state index is 14.5. The van der Waals surface area contributed by atoms with Gasteiger partial charge in [0, 0.05) is 12.1 Å². The van der Waals surface area contributed by atoms with Crippen LogP contribution in [0.2, 0.25) is 0 Å². The minimum absolute atomic E-state index is 0.194. The van der Waals surface area contributed by atoms with Crippen LogP contribution in [0.3, 0.4) is 0 Å². The van der Waals surface area contributed by atoms with E-state index in [-0.39, 0.29) is 5.82 Å². The molecule has 1 saturated heterocycles. The lowest BCUT2D eigenvalue weighted by atomic mass is 9.95. The molecule has 142 valence electrons. The molecular weight excluding hydrogens is 325 g/mol.